The molecule has 0 aliphatic heterocycles. The van der Waals surface area contributed by atoms with Crippen LogP contribution in [0.2, 0.25) is 0 Å². The number of aromatic nitrogens is 3. The molecule has 0 saturated heterocycles. The van der Waals surface area contributed by atoms with Crippen LogP contribution in [-0.4, -0.2) is 41.1 Å². The van der Waals surface area contributed by atoms with Crippen LogP contribution in [0.5, 0.6) is 0 Å². The summed E-state index contributed by atoms with van der Waals surface area (Å²) in [7, 11) is 1.74. The Morgan fingerprint density at radius 3 is 2.82 bits per heavy atom. The maximum atomic E-state index is 5.20. The van der Waals surface area contributed by atoms with Gasteiger partial charge in [-0.1, -0.05) is 6.92 Å². The first kappa shape index (κ1) is 14.1. The molecule has 0 fully saturated rings. The van der Waals surface area contributed by atoms with E-state index >= 15 is 0 Å². The van der Waals surface area contributed by atoms with Crippen molar-refractivity contribution in [2.24, 2.45) is 0 Å². The van der Waals surface area contributed by atoms with Crippen LogP contribution in [0.25, 0.3) is 0 Å². The third-order valence-corrected chi connectivity index (χ3v) is 2.71. The van der Waals surface area contributed by atoms with Crippen LogP contribution in [0, 0.1) is 0 Å². The van der Waals surface area contributed by atoms with Gasteiger partial charge < -0.3 is 10.1 Å². The molecule has 17 heavy (non-hydrogen) atoms. The molecule has 0 saturated carbocycles. The second-order valence-corrected chi connectivity index (χ2v) is 4.46. The maximum Gasteiger partial charge on any atom is 0.138 e. The molecule has 0 aromatic carbocycles. The fourth-order valence-electron chi connectivity index (χ4n) is 1.92. The van der Waals surface area contributed by atoms with E-state index in [1.54, 1.807) is 13.4 Å². The normalized spacial score (nSPS) is 13.2. The van der Waals surface area contributed by atoms with E-state index in [4.69, 9.17) is 4.74 Å². The Balaban J connectivity index is 2.49. The second kappa shape index (κ2) is 7.40. The average Bonchev–Trinajstić information content (AvgIpc) is 2.74. The summed E-state index contributed by atoms with van der Waals surface area (Å²) in [6.07, 6.45) is 3.58. The molecule has 1 atom stereocenters. The van der Waals surface area contributed by atoms with Crippen molar-refractivity contribution in [2.45, 2.75) is 45.7 Å². The van der Waals surface area contributed by atoms with Crippen LogP contribution < -0.4 is 5.32 Å². The minimum atomic E-state index is 0.368. The molecule has 1 N–H and O–H groups in total. The van der Waals surface area contributed by atoms with Crippen LogP contribution in [0.15, 0.2) is 6.33 Å². The van der Waals surface area contributed by atoms with Crippen molar-refractivity contribution in [1.82, 2.24) is 20.1 Å². The van der Waals surface area contributed by atoms with E-state index in [0.717, 1.165) is 31.8 Å². The lowest BCUT2D eigenvalue weighted by molar-refractivity contribution is 0.163. The summed E-state index contributed by atoms with van der Waals surface area (Å²) in [5, 5.41) is 7.65. The van der Waals surface area contributed by atoms with Crippen LogP contribution >= 0.6 is 0 Å². The molecule has 98 valence electrons. The highest BCUT2D eigenvalue weighted by Crippen LogP contribution is 2.08. The Hall–Kier alpha value is -0.940. The SMILES string of the molecule is CCNC(CCc1ncnn1C(C)C)COC. The smallest absolute Gasteiger partial charge is 0.138 e. The molecular formula is C12H24N4O. The fraction of sp³-hybridized carbons (Fsp3) is 0.833. The minimum Gasteiger partial charge on any atom is -0.383 e. The van der Waals surface area contributed by atoms with Gasteiger partial charge in [0, 0.05) is 25.6 Å². The predicted molar refractivity (Wildman–Crippen MR) is 68.1 cm³/mol. The van der Waals surface area contributed by atoms with Gasteiger partial charge >= 0.3 is 0 Å². The van der Waals surface area contributed by atoms with Gasteiger partial charge in [0.05, 0.1) is 6.61 Å². The molecule has 1 heterocycles. The van der Waals surface area contributed by atoms with Crippen LogP contribution in [0.4, 0.5) is 0 Å². The van der Waals surface area contributed by atoms with Crippen molar-refractivity contribution in [3.05, 3.63) is 12.2 Å². The van der Waals surface area contributed by atoms with E-state index in [1.165, 1.54) is 0 Å². The number of hydrogen-bond donors (Lipinski definition) is 1. The highest BCUT2D eigenvalue weighted by Gasteiger charge is 2.11. The van der Waals surface area contributed by atoms with Crippen molar-refractivity contribution in [3.63, 3.8) is 0 Å². The highest BCUT2D eigenvalue weighted by molar-refractivity contribution is 4.88. The van der Waals surface area contributed by atoms with Gasteiger partial charge in [-0.2, -0.15) is 5.10 Å². The molecule has 0 bridgehead atoms. The van der Waals surface area contributed by atoms with E-state index < -0.39 is 0 Å². The summed E-state index contributed by atoms with van der Waals surface area (Å²) in [6, 6.07) is 0.759. The van der Waals surface area contributed by atoms with Gasteiger partial charge in [-0.25, -0.2) is 9.67 Å². The van der Waals surface area contributed by atoms with E-state index in [2.05, 4.69) is 36.2 Å². The molecule has 1 aromatic heterocycles. The number of nitrogens with zero attached hydrogens (tertiary/aromatic N) is 3. The number of ether oxygens (including phenoxy) is 1. The molecule has 0 aliphatic carbocycles. The Morgan fingerprint density at radius 1 is 1.47 bits per heavy atom. The van der Waals surface area contributed by atoms with Crippen molar-refractivity contribution in [2.75, 3.05) is 20.3 Å². The van der Waals surface area contributed by atoms with Crippen molar-refractivity contribution in [3.8, 4) is 0 Å². The van der Waals surface area contributed by atoms with Gasteiger partial charge in [0.25, 0.3) is 0 Å². The summed E-state index contributed by atoms with van der Waals surface area (Å²) in [4.78, 5) is 4.31. The second-order valence-electron chi connectivity index (χ2n) is 4.46. The van der Waals surface area contributed by atoms with Crippen molar-refractivity contribution >= 4 is 0 Å². The number of methoxy groups -OCH3 is 1. The number of nitrogens with one attached hydrogen (secondary N) is 1. The van der Waals surface area contributed by atoms with Gasteiger partial charge in [0.15, 0.2) is 0 Å². The molecule has 0 spiro atoms. The lowest BCUT2D eigenvalue weighted by Crippen LogP contribution is -2.33. The first-order valence-corrected chi connectivity index (χ1v) is 6.29. The number of rotatable bonds is 8. The van der Waals surface area contributed by atoms with Crippen molar-refractivity contribution in [1.29, 1.82) is 0 Å². The number of aryl methyl sites for hydroxylation is 1. The van der Waals surface area contributed by atoms with Crippen molar-refractivity contribution < 1.29 is 4.74 Å². The first-order valence-electron chi connectivity index (χ1n) is 6.29. The van der Waals surface area contributed by atoms with Gasteiger partial charge in [-0.05, 0) is 26.8 Å². The zero-order valence-corrected chi connectivity index (χ0v) is 11.3. The third kappa shape index (κ3) is 4.44. The average molecular weight is 240 g/mol. The van der Waals surface area contributed by atoms with E-state index in [0.29, 0.717) is 12.1 Å². The summed E-state index contributed by atoms with van der Waals surface area (Å²) < 4.78 is 7.18. The summed E-state index contributed by atoms with van der Waals surface area (Å²) >= 11 is 0. The monoisotopic (exact) mass is 240 g/mol. The van der Waals surface area contributed by atoms with E-state index in [-0.39, 0.29) is 0 Å². The standard InChI is InChI=1S/C12H24N4O/c1-5-13-11(8-17-4)6-7-12-14-9-15-16(12)10(2)3/h9-11,13H,5-8H2,1-4H3. The molecule has 5 nitrogen and oxygen atoms in total. The molecule has 5 heteroatoms. The summed E-state index contributed by atoms with van der Waals surface area (Å²) in [6.45, 7) is 8.05. The van der Waals surface area contributed by atoms with Gasteiger partial charge in [0.2, 0.25) is 0 Å². The lowest BCUT2D eigenvalue weighted by Gasteiger charge is -2.17. The lowest BCUT2D eigenvalue weighted by atomic mass is 10.1. The van der Waals surface area contributed by atoms with E-state index in [1.807, 2.05) is 4.68 Å². The van der Waals surface area contributed by atoms with Crippen LogP contribution in [-0.2, 0) is 11.2 Å². The summed E-state index contributed by atoms with van der Waals surface area (Å²) in [5.74, 6) is 1.05. The molecule has 0 amide bonds. The predicted octanol–water partition coefficient (Wildman–Crippen LogP) is 1.42. The number of hydrogen-bond acceptors (Lipinski definition) is 4. The third-order valence-electron chi connectivity index (χ3n) is 2.71. The zero-order valence-electron chi connectivity index (χ0n) is 11.3. The molecule has 0 aliphatic rings. The highest BCUT2D eigenvalue weighted by atomic mass is 16.5. The Morgan fingerprint density at radius 2 is 2.24 bits per heavy atom. The van der Waals surface area contributed by atoms with Crippen LogP contribution in [0.1, 0.15) is 39.1 Å². The molecule has 1 rings (SSSR count). The first-order chi connectivity index (χ1) is 8.19. The Bertz CT molecular complexity index is 305. The Kier molecular flexibility index (Phi) is 6.15. The maximum absolute atomic E-state index is 5.20. The molecule has 0 radical (unpaired) electrons. The largest absolute Gasteiger partial charge is 0.383 e. The van der Waals surface area contributed by atoms with Crippen LogP contribution in [0.3, 0.4) is 0 Å². The zero-order chi connectivity index (χ0) is 12.7. The molecular weight excluding hydrogens is 216 g/mol. The fourth-order valence-corrected chi connectivity index (χ4v) is 1.92. The summed E-state index contributed by atoms with van der Waals surface area (Å²) in [5.41, 5.74) is 0. The van der Waals surface area contributed by atoms with Gasteiger partial charge in [-0.3, -0.25) is 0 Å². The van der Waals surface area contributed by atoms with E-state index in [9.17, 15) is 0 Å². The molecule has 1 aromatic rings. The molecule has 1 unspecified atom stereocenters. The topological polar surface area (TPSA) is 52.0 Å². The number of likely N-dealkylation sites (N-methyl/N-ethyl adjacent to an activating group) is 1. The van der Waals surface area contributed by atoms with Gasteiger partial charge in [0.1, 0.15) is 12.2 Å². The quantitative estimate of drug-likeness (QED) is 0.746. The Labute approximate surface area is 104 Å². The minimum absolute atomic E-state index is 0.368. The van der Waals surface area contributed by atoms with Gasteiger partial charge in [-0.15, -0.1) is 0 Å².